The Labute approximate surface area is 134 Å². The molecule has 1 aliphatic rings. The molecule has 0 aromatic rings. The Morgan fingerprint density at radius 1 is 1.06 bits per heavy atom. The second kappa shape index (κ2) is 9.05. The molecular weight excluding hydrogens is 283 g/mol. The molecule has 1 radical (unpaired) electrons. The van der Waals surface area contributed by atoms with Crippen LogP contribution in [0.5, 0.6) is 0 Å². The zero-order valence-electron chi connectivity index (χ0n) is 12.2. The van der Waals surface area contributed by atoms with Crippen LogP contribution in [0.15, 0.2) is 0 Å². The maximum Gasteiger partial charge on any atom is 0 e. The molecule has 1 saturated heterocycles. The van der Waals surface area contributed by atoms with Crippen molar-refractivity contribution in [3.8, 4) is 0 Å². The van der Waals surface area contributed by atoms with E-state index in [2.05, 4.69) is 32.6 Å². The zero-order chi connectivity index (χ0) is 12.0. The molecule has 0 atom stereocenters. The minimum absolute atomic E-state index is 0. The number of hydrogen-bond acceptors (Lipinski definition) is 1. The molecule has 1 heterocycles. The van der Waals surface area contributed by atoms with Crippen LogP contribution in [-0.2, 0) is 32.7 Å². The fourth-order valence-electron chi connectivity index (χ4n) is 2.71. The number of rotatable bonds is 5. The van der Waals surface area contributed by atoms with Crippen LogP contribution in [0.1, 0.15) is 59.3 Å². The molecule has 0 amide bonds. The van der Waals surface area contributed by atoms with E-state index in [1.165, 1.54) is 51.7 Å². The van der Waals surface area contributed by atoms with E-state index in [-0.39, 0.29) is 32.7 Å². The average Bonchev–Trinajstić information content (AvgIpc) is 2.24. The van der Waals surface area contributed by atoms with E-state index in [9.17, 15) is 0 Å². The molecule has 1 aliphatic heterocycles. The SMILES string of the molecule is [CH2-]CCCCCN1CCC(C(C)(C)C)CC1.[Y]. The van der Waals surface area contributed by atoms with E-state index in [0.717, 1.165) is 12.3 Å². The molecule has 17 heavy (non-hydrogen) atoms. The van der Waals surface area contributed by atoms with E-state index >= 15 is 0 Å². The normalized spacial score (nSPS) is 19.1. The summed E-state index contributed by atoms with van der Waals surface area (Å²) in [6, 6.07) is 0. The molecule has 0 unspecified atom stereocenters. The molecule has 0 aliphatic carbocycles. The molecule has 0 bridgehead atoms. The Kier molecular flexibility index (Phi) is 9.61. The van der Waals surface area contributed by atoms with Gasteiger partial charge in [-0.05, 0) is 50.2 Å². The summed E-state index contributed by atoms with van der Waals surface area (Å²) < 4.78 is 0. The Morgan fingerprint density at radius 3 is 2.12 bits per heavy atom. The van der Waals surface area contributed by atoms with Crippen molar-refractivity contribution in [2.24, 2.45) is 11.3 Å². The monoisotopic (exact) mass is 313 g/mol. The van der Waals surface area contributed by atoms with Gasteiger partial charge >= 0.3 is 0 Å². The van der Waals surface area contributed by atoms with Gasteiger partial charge in [-0.2, -0.15) is 6.42 Å². The summed E-state index contributed by atoms with van der Waals surface area (Å²) in [5.74, 6) is 0.934. The summed E-state index contributed by atoms with van der Waals surface area (Å²) in [5, 5.41) is 0. The molecule has 0 aromatic heterocycles. The quantitative estimate of drug-likeness (QED) is 0.545. The third-order valence-electron chi connectivity index (χ3n) is 4.04. The van der Waals surface area contributed by atoms with E-state index < -0.39 is 0 Å². The topological polar surface area (TPSA) is 3.24 Å². The molecule has 99 valence electrons. The van der Waals surface area contributed by atoms with Crippen LogP contribution in [0.2, 0.25) is 0 Å². The summed E-state index contributed by atoms with van der Waals surface area (Å²) in [6.07, 6.45) is 7.95. The van der Waals surface area contributed by atoms with Gasteiger partial charge in [0.05, 0.1) is 0 Å². The fraction of sp³-hybridized carbons (Fsp3) is 0.933. The van der Waals surface area contributed by atoms with Gasteiger partial charge in [0.2, 0.25) is 0 Å². The van der Waals surface area contributed by atoms with Gasteiger partial charge in [0.1, 0.15) is 0 Å². The molecule has 1 nitrogen and oxygen atoms in total. The molecule has 0 spiro atoms. The van der Waals surface area contributed by atoms with Crippen LogP contribution in [-0.4, -0.2) is 24.5 Å². The predicted molar refractivity (Wildman–Crippen MR) is 72.4 cm³/mol. The standard InChI is InChI=1S/C15H30N.Y/c1-5-6-7-8-11-16-12-9-14(10-13-16)15(2,3)4;/h14H,1,5-13H2,2-4H3;/q-1;. The van der Waals surface area contributed by atoms with Crippen molar-refractivity contribution < 1.29 is 32.7 Å². The van der Waals surface area contributed by atoms with Gasteiger partial charge < -0.3 is 11.8 Å². The van der Waals surface area contributed by atoms with Crippen molar-refractivity contribution in [1.29, 1.82) is 0 Å². The van der Waals surface area contributed by atoms with Crippen molar-refractivity contribution in [2.75, 3.05) is 19.6 Å². The molecule has 0 aromatic carbocycles. The van der Waals surface area contributed by atoms with Crippen LogP contribution in [0.25, 0.3) is 0 Å². The molecule has 0 N–H and O–H groups in total. The summed E-state index contributed by atoms with van der Waals surface area (Å²) in [5.41, 5.74) is 0.514. The first kappa shape index (κ1) is 18.1. The Morgan fingerprint density at radius 2 is 1.65 bits per heavy atom. The zero-order valence-corrected chi connectivity index (χ0v) is 15.0. The summed E-state index contributed by atoms with van der Waals surface area (Å²) >= 11 is 0. The number of nitrogens with zero attached hydrogens (tertiary/aromatic N) is 1. The van der Waals surface area contributed by atoms with Crippen LogP contribution in [0.4, 0.5) is 0 Å². The maximum atomic E-state index is 3.89. The van der Waals surface area contributed by atoms with Gasteiger partial charge in [-0.3, -0.25) is 0 Å². The van der Waals surface area contributed by atoms with Crippen molar-refractivity contribution in [2.45, 2.75) is 59.3 Å². The summed E-state index contributed by atoms with van der Waals surface area (Å²) in [7, 11) is 0. The maximum absolute atomic E-state index is 3.89. The second-order valence-corrected chi connectivity index (χ2v) is 6.40. The van der Waals surface area contributed by atoms with Crippen LogP contribution in [0, 0.1) is 18.3 Å². The van der Waals surface area contributed by atoms with Crippen molar-refractivity contribution in [1.82, 2.24) is 4.90 Å². The molecule has 0 saturated carbocycles. The minimum atomic E-state index is 0. The van der Waals surface area contributed by atoms with Gasteiger partial charge in [0, 0.05) is 32.7 Å². The molecule has 1 rings (SSSR count). The van der Waals surface area contributed by atoms with Gasteiger partial charge in [-0.25, -0.2) is 0 Å². The first-order valence-electron chi connectivity index (χ1n) is 7.05. The number of hydrogen-bond donors (Lipinski definition) is 0. The number of likely N-dealkylation sites (tertiary alicyclic amines) is 1. The molecule has 1 fully saturated rings. The van der Waals surface area contributed by atoms with E-state index in [4.69, 9.17) is 0 Å². The van der Waals surface area contributed by atoms with Gasteiger partial charge in [-0.15, -0.1) is 0 Å². The van der Waals surface area contributed by atoms with Crippen LogP contribution < -0.4 is 0 Å². The predicted octanol–water partition coefficient (Wildman–Crippen LogP) is 4.14. The smallest absolute Gasteiger partial charge is 0 e. The number of piperidine rings is 1. The third-order valence-corrected chi connectivity index (χ3v) is 4.04. The van der Waals surface area contributed by atoms with E-state index in [1.54, 1.807) is 0 Å². The van der Waals surface area contributed by atoms with Crippen LogP contribution in [0.3, 0.4) is 0 Å². The minimum Gasteiger partial charge on any atom is -0.343 e. The van der Waals surface area contributed by atoms with Crippen molar-refractivity contribution >= 4 is 0 Å². The number of unbranched alkanes of at least 4 members (excludes halogenated alkanes) is 3. The molecule has 2 heteroatoms. The summed E-state index contributed by atoms with van der Waals surface area (Å²) in [4.78, 5) is 2.66. The van der Waals surface area contributed by atoms with Gasteiger partial charge in [-0.1, -0.05) is 33.6 Å². The first-order chi connectivity index (χ1) is 7.54. The van der Waals surface area contributed by atoms with E-state index in [0.29, 0.717) is 5.41 Å². The van der Waals surface area contributed by atoms with E-state index in [1.807, 2.05) is 0 Å². The Bertz CT molecular complexity index is 178. The average molecular weight is 313 g/mol. The third kappa shape index (κ3) is 7.28. The van der Waals surface area contributed by atoms with Crippen molar-refractivity contribution in [3.63, 3.8) is 0 Å². The van der Waals surface area contributed by atoms with Gasteiger partial charge in [0.25, 0.3) is 0 Å². The second-order valence-electron chi connectivity index (χ2n) is 6.40. The molecular formula is C15H30NY-. The van der Waals surface area contributed by atoms with Crippen molar-refractivity contribution in [3.05, 3.63) is 6.92 Å². The Hall–Kier alpha value is 1.06. The summed E-state index contributed by atoms with van der Waals surface area (Å²) in [6.45, 7) is 15.0. The Balaban J connectivity index is 0.00000256. The first-order valence-corrected chi connectivity index (χ1v) is 7.05. The fourth-order valence-corrected chi connectivity index (χ4v) is 2.71. The van der Waals surface area contributed by atoms with Gasteiger partial charge in [0.15, 0.2) is 0 Å². The largest absolute Gasteiger partial charge is 0.343 e. The van der Waals surface area contributed by atoms with Crippen LogP contribution >= 0.6 is 0 Å².